The van der Waals surface area contributed by atoms with Crippen molar-refractivity contribution in [3.63, 3.8) is 0 Å². The van der Waals surface area contributed by atoms with Crippen molar-refractivity contribution in [1.82, 2.24) is 14.1 Å². The number of fused-ring (bicyclic) bond motifs is 1. The third-order valence-electron chi connectivity index (χ3n) is 3.81. The molecule has 3 heterocycles. The van der Waals surface area contributed by atoms with Crippen molar-refractivity contribution in [2.24, 2.45) is 0 Å². The Kier molecular flexibility index (Phi) is 4.10. The van der Waals surface area contributed by atoms with E-state index in [-0.39, 0.29) is 11.8 Å². The number of amides is 1. The van der Waals surface area contributed by atoms with Crippen molar-refractivity contribution < 1.29 is 9.21 Å². The summed E-state index contributed by atoms with van der Waals surface area (Å²) < 4.78 is 13.9. The Morgan fingerprint density at radius 2 is 2.12 bits per heavy atom. The molecule has 0 aliphatic heterocycles. The van der Waals surface area contributed by atoms with Crippen LogP contribution in [0.3, 0.4) is 0 Å². The van der Waals surface area contributed by atoms with Crippen LogP contribution in [0.25, 0.3) is 11.0 Å². The molecule has 0 saturated carbocycles. The quantitative estimate of drug-likeness (QED) is 0.589. The molecule has 0 aliphatic rings. The van der Waals surface area contributed by atoms with Crippen molar-refractivity contribution in [2.75, 3.05) is 6.54 Å². The summed E-state index contributed by atoms with van der Waals surface area (Å²) in [5.41, 5.74) is 3.27. The molecule has 0 spiro atoms. The van der Waals surface area contributed by atoms with E-state index in [9.17, 15) is 4.79 Å². The predicted octanol–water partition coefficient (Wildman–Crippen LogP) is 3.91. The van der Waals surface area contributed by atoms with E-state index in [1.54, 1.807) is 29.7 Å². The summed E-state index contributed by atoms with van der Waals surface area (Å²) in [5.74, 6) is 0.712. The monoisotopic (exact) mass is 355 g/mol. The Morgan fingerprint density at radius 1 is 1.21 bits per heavy atom. The molecule has 120 valence electrons. The summed E-state index contributed by atoms with van der Waals surface area (Å²) >= 11 is 2.77. The van der Waals surface area contributed by atoms with E-state index in [2.05, 4.69) is 25.5 Å². The molecule has 4 rings (SSSR count). The minimum atomic E-state index is -0.128. The fourth-order valence-electron chi connectivity index (χ4n) is 2.57. The molecule has 1 amide bonds. The number of nitrogens with one attached hydrogen (secondary N) is 1. The lowest BCUT2D eigenvalue weighted by molar-refractivity contribution is 0.0952. The van der Waals surface area contributed by atoms with Gasteiger partial charge in [0.15, 0.2) is 0 Å². The molecule has 1 aromatic carbocycles. The number of furan rings is 1. The van der Waals surface area contributed by atoms with Gasteiger partial charge in [-0.2, -0.15) is 20.1 Å². The van der Waals surface area contributed by atoms with Crippen LogP contribution in [0, 0.1) is 0 Å². The highest BCUT2D eigenvalue weighted by Gasteiger charge is 2.19. The highest BCUT2D eigenvalue weighted by atomic mass is 32.1. The van der Waals surface area contributed by atoms with Crippen molar-refractivity contribution in [1.29, 1.82) is 0 Å². The molecule has 0 bridgehead atoms. The Morgan fingerprint density at radius 3 is 2.92 bits per heavy atom. The van der Waals surface area contributed by atoms with Gasteiger partial charge in [0.05, 0.1) is 23.9 Å². The maximum absolute atomic E-state index is 12.5. The van der Waals surface area contributed by atoms with Crippen molar-refractivity contribution in [3.05, 3.63) is 70.3 Å². The second-order valence-electron chi connectivity index (χ2n) is 5.30. The first-order valence-electron chi connectivity index (χ1n) is 7.37. The van der Waals surface area contributed by atoms with E-state index in [0.29, 0.717) is 12.1 Å². The summed E-state index contributed by atoms with van der Waals surface area (Å²) in [6.07, 6.45) is 1.65. The van der Waals surface area contributed by atoms with Crippen LogP contribution in [0.4, 0.5) is 0 Å². The molecule has 3 aromatic heterocycles. The van der Waals surface area contributed by atoms with E-state index < -0.39 is 0 Å². The van der Waals surface area contributed by atoms with Gasteiger partial charge in [-0.3, -0.25) is 4.79 Å². The largest absolute Gasteiger partial charge is 0.469 e. The average Bonchev–Trinajstić information content (AvgIpc) is 3.36. The summed E-state index contributed by atoms with van der Waals surface area (Å²) in [6, 6.07) is 11.2. The molecule has 0 radical (unpaired) electrons. The van der Waals surface area contributed by atoms with Gasteiger partial charge in [-0.15, -0.1) is 0 Å². The highest BCUT2D eigenvalue weighted by molar-refractivity contribution is 7.08. The van der Waals surface area contributed by atoms with Crippen LogP contribution in [0.2, 0.25) is 0 Å². The zero-order chi connectivity index (χ0) is 16.4. The summed E-state index contributed by atoms with van der Waals surface area (Å²) in [4.78, 5) is 12.5. The number of aromatic nitrogens is 2. The zero-order valence-corrected chi connectivity index (χ0v) is 14.1. The number of thiophene rings is 1. The molecule has 5 nitrogen and oxygen atoms in total. The van der Waals surface area contributed by atoms with Gasteiger partial charge in [-0.1, -0.05) is 0 Å². The van der Waals surface area contributed by atoms with E-state index >= 15 is 0 Å². The van der Waals surface area contributed by atoms with Gasteiger partial charge < -0.3 is 9.73 Å². The lowest BCUT2D eigenvalue weighted by atomic mass is 9.99. The number of hydrogen-bond acceptors (Lipinski definition) is 6. The number of carbonyl (C=O) groups excluding carboxylic acids is 1. The van der Waals surface area contributed by atoms with Gasteiger partial charge in [0, 0.05) is 12.1 Å². The van der Waals surface area contributed by atoms with Crippen LogP contribution in [-0.2, 0) is 0 Å². The van der Waals surface area contributed by atoms with E-state index in [1.165, 1.54) is 0 Å². The van der Waals surface area contributed by atoms with E-state index in [4.69, 9.17) is 4.42 Å². The minimum Gasteiger partial charge on any atom is -0.469 e. The van der Waals surface area contributed by atoms with Gasteiger partial charge in [-0.05, 0) is 52.7 Å². The topological polar surface area (TPSA) is 68.0 Å². The summed E-state index contributed by atoms with van der Waals surface area (Å²) in [7, 11) is 0. The zero-order valence-electron chi connectivity index (χ0n) is 12.5. The van der Waals surface area contributed by atoms with E-state index in [0.717, 1.165) is 34.1 Å². The maximum Gasteiger partial charge on any atom is 0.251 e. The lowest BCUT2D eigenvalue weighted by Crippen LogP contribution is -2.28. The average molecular weight is 355 g/mol. The van der Waals surface area contributed by atoms with Crippen molar-refractivity contribution >= 4 is 40.0 Å². The molecule has 7 heteroatoms. The Hall–Kier alpha value is -2.51. The summed E-state index contributed by atoms with van der Waals surface area (Å²) in [5, 5.41) is 7.09. The Bertz CT molecular complexity index is 911. The SMILES string of the molecule is O=C(NCC(c1ccsc1)c1ccco1)c1ccc2nsnc2c1. The minimum absolute atomic E-state index is 0.000120. The third-order valence-corrected chi connectivity index (χ3v) is 5.07. The van der Waals surface area contributed by atoms with Gasteiger partial charge in [-0.25, -0.2) is 0 Å². The van der Waals surface area contributed by atoms with Crippen LogP contribution in [0.1, 0.15) is 27.6 Å². The normalized spacial score (nSPS) is 12.3. The van der Waals surface area contributed by atoms with Gasteiger partial charge >= 0.3 is 0 Å². The first kappa shape index (κ1) is 15.0. The fraction of sp³-hybridized carbons (Fsp3) is 0.118. The number of nitrogens with zero attached hydrogens (tertiary/aromatic N) is 2. The van der Waals surface area contributed by atoms with Gasteiger partial charge in [0.25, 0.3) is 5.91 Å². The molecule has 0 saturated heterocycles. The van der Waals surface area contributed by atoms with Crippen LogP contribution in [0.5, 0.6) is 0 Å². The molecule has 0 aliphatic carbocycles. The van der Waals surface area contributed by atoms with Crippen LogP contribution in [0.15, 0.2) is 57.8 Å². The standard InChI is InChI=1S/C17H13N3O2S2/c21-17(11-3-4-14-15(8-11)20-24-19-14)18-9-13(12-5-7-23-10-12)16-2-1-6-22-16/h1-8,10,13H,9H2,(H,18,21). The van der Waals surface area contributed by atoms with Crippen molar-refractivity contribution in [2.45, 2.75) is 5.92 Å². The summed E-state index contributed by atoms with van der Waals surface area (Å²) in [6.45, 7) is 0.469. The van der Waals surface area contributed by atoms with Gasteiger partial charge in [0.1, 0.15) is 16.8 Å². The third kappa shape index (κ3) is 2.95. The molecule has 4 aromatic rings. The predicted molar refractivity (Wildman–Crippen MR) is 94.6 cm³/mol. The second-order valence-corrected chi connectivity index (χ2v) is 6.61. The smallest absolute Gasteiger partial charge is 0.251 e. The van der Waals surface area contributed by atoms with Crippen LogP contribution in [-0.4, -0.2) is 21.2 Å². The second kappa shape index (κ2) is 6.54. The number of carbonyl (C=O) groups is 1. The molecule has 0 fully saturated rings. The number of rotatable bonds is 5. The lowest BCUT2D eigenvalue weighted by Gasteiger charge is -2.14. The number of benzene rings is 1. The van der Waals surface area contributed by atoms with Gasteiger partial charge in [0.2, 0.25) is 0 Å². The Balaban J connectivity index is 1.52. The highest BCUT2D eigenvalue weighted by Crippen LogP contribution is 2.26. The first-order chi connectivity index (χ1) is 11.8. The Labute approximate surface area is 146 Å². The van der Waals surface area contributed by atoms with Crippen molar-refractivity contribution in [3.8, 4) is 0 Å². The number of hydrogen-bond donors (Lipinski definition) is 1. The molecule has 1 unspecified atom stereocenters. The van der Waals surface area contributed by atoms with Crippen LogP contribution >= 0.6 is 23.1 Å². The molecule has 24 heavy (non-hydrogen) atoms. The molecule has 1 N–H and O–H groups in total. The maximum atomic E-state index is 12.5. The molecular weight excluding hydrogens is 342 g/mol. The van der Waals surface area contributed by atoms with Crippen LogP contribution < -0.4 is 5.32 Å². The molecular formula is C17H13N3O2S2. The fourth-order valence-corrected chi connectivity index (χ4v) is 3.80. The first-order valence-corrected chi connectivity index (χ1v) is 9.04. The molecule has 1 atom stereocenters. The van der Waals surface area contributed by atoms with E-state index in [1.807, 2.05) is 23.6 Å².